The van der Waals surface area contributed by atoms with Crippen molar-refractivity contribution in [3.8, 4) is 0 Å². The Labute approximate surface area is 93.5 Å². The Hall–Kier alpha value is -1.22. The molecule has 0 fully saturated rings. The van der Waals surface area contributed by atoms with Gasteiger partial charge in [0.15, 0.2) is 5.78 Å². The van der Waals surface area contributed by atoms with Crippen molar-refractivity contribution in [3.63, 3.8) is 0 Å². The molecule has 0 radical (unpaired) electrons. The summed E-state index contributed by atoms with van der Waals surface area (Å²) in [5.41, 5.74) is 0.554. The van der Waals surface area contributed by atoms with E-state index in [-0.39, 0.29) is 11.6 Å². The molecule has 0 unspecified atom stereocenters. The van der Waals surface area contributed by atoms with Crippen molar-refractivity contribution in [3.05, 3.63) is 29.0 Å². The number of nitrogens with zero attached hydrogens (tertiary/aromatic N) is 1. The van der Waals surface area contributed by atoms with Gasteiger partial charge in [-0.3, -0.25) is 4.79 Å². The Morgan fingerprint density at radius 3 is 2.73 bits per heavy atom. The lowest BCUT2D eigenvalue weighted by Crippen LogP contribution is -2.00. The third-order valence-corrected chi connectivity index (χ3v) is 2.19. The van der Waals surface area contributed by atoms with Crippen LogP contribution in [-0.2, 0) is 4.79 Å². The maximum atomic E-state index is 11.6. The number of carbonyl (C=O) groups is 2. The first-order valence-corrected chi connectivity index (χ1v) is 5.11. The molecule has 1 rings (SSSR count). The molecular formula is C11H12ClNO2. The van der Waals surface area contributed by atoms with Crippen molar-refractivity contribution in [2.75, 3.05) is 0 Å². The topological polar surface area (TPSA) is 47.0 Å². The number of halogens is 1. The van der Waals surface area contributed by atoms with Gasteiger partial charge in [0, 0.05) is 24.6 Å². The van der Waals surface area contributed by atoms with Gasteiger partial charge in [-0.05, 0) is 25.5 Å². The van der Waals surface area contributed by atoms with Crippen LogP contribution in [0.2, 0.25) is 5.15 Å². The molecule has 80 valence electrons. The van der Waals surface area contributed by atoms with E-state index < -0.39 is 0 Å². The third kappa shape index (κ3) is 4.21. The molecule has 4 heteroatoms. The maximum absolute atomic E-state index is 11.6. The predicted octanol–water partition coefficient (Wildman–Crippen LogP) is 2.68. The molecule has 1 heterocycles. The van der Waals surface area contributed by atoms with Crippen LogP contribution in [0.1, 0.15) is 36.5 Å². The van der Waals surface area contributed by atoms with Gasteiger partial charge in [0.2, 0.25) is 0 Å². The quantitative estimate of drug-likeness (QED) is 0.572. The molecule has 15 heavy (non-hydrogen) atoms. The molecule has 0 bridgehead atoms. The molecule has 0 aliphatic rings. The first-order valence-electron chi connectivity index (χ1n) is 4.74. The lowest BCUT2D eigenvalue weighted by atomic mass is 10.1. The van der Waals surface area contributed by atoms with Crippen molar-refractivity contribution in [2.45, 2.75) is 26.2 Å². The van der Waals surface area contributed by atoms with Gasteiger partial charge in [-0.1, -0.05) is 11.6 Å². The summed E-state index contributed by atoms with van der Waals surface area (Å²) in [6.07, 6.45) is 2.92. The Kier molecular flexibility index (Phi) is 4.43. The second kappa shape index (κ2) is 5.61. The lowest BCUT2D eigenvalue weighted by Gasteiger charge is -1.99. The van der Waals surface area contributed by atoms with E-state index in [9.17, 15) is 9.59 Å². The fourth-order valence-corrected chi connectivity index (χ4v) is 1.39. The summed E-state index contributed by atoms with van der Waals surface area (Å²) < 4.78 is 0. The van der Waals surface area contributed by atoms with Crippen molar-refractivity contribution < 1.29 is 9.59 Å². The van der Waals surface area contributed by atoms with Crippen LogP contribution in [-0.4, -0.2) is 16.6 Å². The van der Waals surface area contributed by atoms with Crippen LogP contribution in [0, 0.1) is 0 Å². The van der Waals surface area contributed by atoms with Crippen molar-refractivity contribution in [1.29, 1.82) is 0 Å². The zero-order chi connectivity index (χ0) is 11.3. The van der Waals surface area contributed by atoms with Gasteiger partial charge in [-0.25, -0.2) is 4.98 Å². The van der Waals surface area contributed by atoms with Gasteiger partial charge in [-0.2, -0.15) is 0 Å². The molecule has 0 aliphatic carbocycles. The molecule has 0 atom stereocenters. The van der Waals surface area contributed by atoms with Crippen molar-refractivity contribution >= 4 is 23.2 Å². The Morgan fingerprint density at radius 2 is 2.13 bits per heavy atom. The normalized spacial score (nSPS) is 10.0. The summed E-state index contributed by atoms with van der Waals surface area (Å²) in [6, 6.07) is 3.17. The van der Waals surface area contributed by atoms with Gasteiger partial charge in [0.05, 0.1) is 0 Å². The Bertz CT molecular complexity index is 377. The Balaban J connectivity index is 2.50. The fraction of sp³-hybridized carbons (Fsp3) is 0.364. The summed E-state index contributed by atoms with van der Waals surface area (Å²) in [7, 11) is 0. The van der Waals surface area contributed by atoms with Crippen molar-refractivity contribution in [1.82, 2.24) is 4.98 Å². The van der Waals surface area contributed by atoms with Gasteiger partial charge in [0.1, 0.15) is 10.9 Å². The largest absolute Gasteiger partial charge is 0.300 e. The summed E-state index contributed by atoms with van der Waals surface area (Å²) in [4.78, 5) is 26.0. The predicted molar refractivity (Wildman–Crippen MR) is 58.1 cm³/mol. The van der Waals surface area contributed by atoms with E-state index in [0.717, 1.165) is 0 Å². The van der Waals surface area contributed by atoms with E-state index in [2.05, 4.69) is 4.98 Å². The number of ketones is 2. The monoisotopic (exact) mass is 225 g/mol. The van der Waals surface area contributed by atoms with Crippen LogP contribution >= 0.6 is 11.6 Å². The van der Waals surface area contributed by atoms with E-state index in [4.69, 9.17) is 11.6 Å². The minimum Gasteiger partial charge on any atom is -0.300 e. The average Bonchev–Trinajstić information content (AvgIpc) is 2.17. The highest BCUT2D eigenvalue weighted by molar-refractivity contribution is 6.29. The summed E-state index contributed by atoms with van der Waals surface area (Å²) in [6.45, 7) is 1.52. The number of rotatable bonds is 5. The highest BCUT2D eigenvalue weighted by Crippen LogP contribution is 2.11. The molecule has 0 spiro atoms. The van der Waals surface area contributed by atoms with Crippen LogP contribution < -0.4 is 0 Å². The minimum absolute atomic E-state index is 0.000509. The summed E-state index contributed by atoms with van der Waals surface area (Å²) in [5.74, 6) is 0.108. The first kappa shape index (κ1) is 11.9. The van der Waals surface area contributed by atoms with Gasteiger partial charge in [-0.15, -0.1) is 0 Å². The number of pyridine rings is 1. The molecule has 3 nitrogen and oxygen atoms in total. The van der Waals surface area contributed by atoms with E-state index in [0.29, 0.717) is 30.0 Å². The molecular weight excluding hydrogens is 214 g/mol. The second-order valence-corrected chi connectivity index (χ2v) is 3.73. The molecule has 0 aliphatic heterocycles. The molecule has 0 aromatic carbocycles. The highest BCUT2D eigenvalue weighted by Gasteiger charge is 2.06. The molecule has 0 N–H and O–H groups in total. The lowest BCUT2D eigenvalue weighted by molar-refractivity contribution is -0.117. The van der Waals surface area contributed by atoms with Crippen molar-refractivity contribution in [2.24, 2.45) is 0 Å². The number of Topliss-reactive ketones (excluding diaryl/α,β-unsaturated/α-hetero) is 2. The molecule has 1 aromatic rings. The second-order valence-electron chi connectivity index (χ2n) is 3.35. The maximum Gasteiger partial charge on any atom is 0.163 e. The highest BCUT2D eigenvalue weighted by atomic mass is 35.5. The molecule has 0 amide bonds. The standard InChI is InChI=1S/C11H12ClNO2/c1-8(14)3-2-4-10(15)9-5-6-13-11(12)7-9/h5-7H,2-4H2,1H3. The molecule has 0 saturated heterocycles. The zero-order valence-corrected chi connectivity index (χ0v) is 9.25. The number of aromatic nitrogens is 1. The number of hydrogen-bond acceptors (Lipinski definition) is 3. The van der Waals surface area contributed by atoms with Gasteiger partial charge < -0.3 is 4.79 Å². The average molecular weight is 226 g/mol. The van der Waals surface area contributed by atoms with Crippen LogP contribution in [0.5, 0.6) is 0 Å². The number of carbonyl (C=O) groups excluding carboxylic acids is 2. The fourth-order valence-electron chi connectivity index (χ4n) is 1.22. The van der Waals surface area contributed by atoms with Crippen LogP contribution in [0.4, 0.5) is 0 Å². The minimum atomic E-state index is 0.000509. The van der Waals surface area contributed by atoms with E-state index in [1.807, 2.05) is 0 Å². The van der Waals surface area contributed by atoms with Gasteiger partial charge in [0.25, 0.3) is 0 Å². The van der Waals surface area contributed by atoms with Crippen LogP contribution in [0.3, 0.4) is 0 Å². The SMILES string of the molecule is CC(=O)CCCC(=O)c1ccnc(Cl)c1. The van der Waals surface area contributed by atoms with E-state index in [1.54, 1.807) is 6.07 Å². The van der Waals surface area contributed by atoms with E-state index >= 15 is 0 Å². The molecule has 0 saturated carbocycles. The summed E-state index contributed by atoms with van der Waals surface area (Å²) >= 11 is 5.66. The zero-order valence-electron chi connectivity index (χ0n) is 8.50. The Morgan fingerprint density at radius 1 is 1.40 bits per heavy atom. The van der Waals surface area contributed by atoms with Crippen LogP contribution in [0.25, 0.3) is 0 Å². The number of hydrogen-bond donors (Lipinski definition) is 0. The van der Waals surface area contributed by atoms with Gasteiger partial charge >= 0.3 is 0 Å². The third-order valence-electron chi connectivity index (χ3n) is 1.98. The van der Waals surface area contributed by atoms with Crippen LogP contribution in [0.15, 0.2) is 18.3 Å². The first-order chi connectivity index (χ1) is 7.09. The smallest absolute Gasteiger partial charge is 0.163 e. The molecule has 1 aromatic heterocycles. The van der Waals surface area contributed by atoms with E-state index in [1.165, 1.54) is 19.2 Å². The summed E-state index contributed by atoms with van der Waals surface area (Å²) in [5, 5.41) is 0.312.